The van der Waals surface area contributed by atoms with Gasteiger partial charge in [-0.15, -0.1) is 23.2 Å². The summed E-state index contributed by atoms with van der Waals surface area (Å²) in [5.41, 5.74) is 3.74. The highest BCUT2D eigenvalue weighted by Crippen LogP contribution is 2.14. The van der Waals surface area contributed by atoms with Crippen molar-refractivity contribution >= 4 is 58.1 Å². The van der Waals surface area contributed by atoms with Crippen LogP contribution in [0.3, 0.4) is 0 Å². The lowest BCUT2D eigenvalue weighted by Crippen LogP contribution is -2.70. The SMILES string of the molecule is ClCCCl.Fc1ccccc1/C=[N+]1/CCC(O[B-](c2ccccc2)(c2ccccc2)c2ccccc2)=N1. The molecule has 0 aromatic heterocycles. The molecule has 0 radical (unpaired) electrons. The maximum absolute atomic E-state index is 14.1. The summed E-state index contributed by atoms with van der Waals surface area (Å²) in [6, 6.07) is 37.6. The molecule has 0 atom stereocenters. The molecule has 0 bridgehead atoms. The maximum Gasteiger partial charge on any atom is 0.249 e. The predicted molar refractivity (Wildman–Crippen MR) is 155 cm³/mol. The molecule has 37 heavy (non-hydrogen) atoms. The summed E-state index contributed by atoms with van der Waals surface area (Å²) >= 11 is 10.1. The lowest BCUT2D eigenvalue weighted by Gasteiger charge is -2.43. The smallest absolute Gasteiger partial charge is 0.249 e. The van der Waals surface area contributed by atoms with Crippen molar-refractivity contribution in [2.45, 2.75) is 6.42 Å². The van der Waals surface area contributed by atoms with E-state index in [0.29, 0.717) is 36.2 Å². The summed E-state index contributed by atoms with van der Waals surface area (Å²) in [4.78, 5) is 0. The second kappa shape index (κ2) is 13.2. The first kappa shape index (κ1) is 26.7. The van der Waals surface area contributed by atoms with E-state index in [1.165, 1.54) is 6.07 Å². The van der Waals surface area contributed by atoms with Gasteiger partial charge in [-0.25, -0.2) is 4.39 Å². The van der Waals surface area contributed by atoms with Gasteiger partial charge in [0.1, 0.15) is 5.82 Å². The van der Waals surface area contributed by atoms with Crippen LogP contribution < -0.4 is 16.4 Å². The van der Waals surface area contributed by atoms with Gasteiger partial charge in [0.15, 0.2) is 6.54 Å². The minimum Gasteiger partial charge on any atom is -0.688 e. The second-order valence-corrected chi connectivity index (χ2v) is 9.33. The van der Waals surface area contributed by atoms with Crippen LogP contribution in [0.1, 0.15) is 12.0 Å². The molecule has 0 aliphatic carbocycles. The average Bonchev–Trinajstić information content (AvgIpc) is 3.41. The van der Waals surface area contributed by atoms with Gasteiger partial charge in [0.25, 0.3) is 0 Å². The van der Waals surface area contributed by atoms with Crippen LogP contribution in [0.15, 0.2) is 120 Å². The number of halogens is 3. The van der Waals surface area contributed by atoms with E-state index >= 15 is 0 Å². The van der Waals surface area contributed by atoms with E-state index < -0.39 is 6.35 Å². The van der Waals surface area contributed by atoms with E-state index in [1.807, 2.05) is 60.7 Å². The number of rotatable bonds is 6. The number of nitrogens with zero attached hydrogens (tertiary/aromatic N) is 2. The van der Waals surface area contributed by atoms with Crippen LogP contribution in [0.2, 0.25) is 0 Å². The standard InChI is InChI=1S/C28H24BFN2O.C2H4Cl2/c30-27-19-11-10-12-23(27)22-32-21-20-28(31-32)33-29(24-13-4-1-5-14-24,25-15-6-2-7-16-25)26-17-8-3-9-18-26;3-1-2-4/h1-19,22H,20-21H2;1-2H2/b32-22-;. The number of hydrogen-bond acceptors (Lipinski definition) is 2. The quantitative estimate of drug-likeness (QED) is 0.192. The van der Waals surface area contributed by atoms with Gasteiger partial charge in [0.2, 0.25) is 18.5 Å². The Balaban J connectivity index is 0.000000747. The molecule has 0 spiro atoms. The van der Waals surface area contributed by atoms with Crippen LogP contribution >= 0.6 is 23.2 Å². The molecule has 0 N–H and O–H groups in total. The summed E-state index contributed by atoms with van der Waals surface area (Å²) < 4.78 is 22.8. The Hall–Kier alpha value is -3.41. The van der Waals surface area contributed by atoms with Crippen molar-refractivity contribution in [1.29, 1.82) is 0 Å². The van der Waals surface area contributed by atoms with Crippen molar-refractivity contribution in [3.8, 4) is 0 Å². The Kier molecular flexibility index (Phi) is 9.53. The average molecular weight is 533 g/mol. The van der Waals surface area contributed by atoms with Gasteiger partial charge in [-0.05, 0) is 12.1 Å². The van der Waals surface area contributed by atoms with E-state index in [9.17, 15) is 4.39 Å². The molecule has 1 aliphatic heterocycles. The molecule has 0 saturated carbocycles. The fraction of sp³-hybridized carbons (Fsp3) is 0.133. The van der Waals surface area contributed by atoms with Crippen molar-refractivity contribution in [1.82, 2.24) is 0 Å². The molecule has 4 aromatic rings. The summed E-state index contributed by atoms with van der Waals surface area (Å²) in [6.45, 7) is 0.633. The van der Waals surface area contributed by atoms with Gasteiger partial charge >= 0.3 is 0 Å². The Morgan fingerprint density at radius 1 is 0.730 bits per heavy atom. The molecule has 0 fully saturated rings. The monoisotopic (exact) mass is 532 g/mol. The summed E-state index contributed by atoms with van der Waals surface area (Å²) in [7, 11) is 0. The lowest BCUT2D eigenvalue weighted by atomic mass is 9.28. The maximum atomic E-state index is 14.1. The molecule has 7 heteroatoms. The fourth-order valence-corrected chi connectivity index (χ4v) is 4.53. The number of hydrazone groups is 1. The molecule has 0 amide bonds. The van der Waals surface area contributed by atoms with Crippen LogP contribution in [-0.2, 0) is 4.65 Å². The van der Waals surface area contributed by atoms with Crippen molar-refractivity contribution in [3.63, 3.8) is 0 Å². The van der Waals surface area contributed by atoms with Gasteiger partial charge < -0.3 is 4.65 Å². The molecule has 0 unspecified atom stereocenters. The normalized spacial score (nSPS) is 14.0. The zero-order valence-electron chi connectivity index (χ0n) is 20.4. The van der Waals surface area contributed by atoms with Gasteiger partial charge in [-0.2, -0.15) is 16.4 Å². The topological polar surface area (TPSA) is 24.6 Å². The Labute approximate surface area is 227 Å². The van der Waals surface area contributed by atoms with E-state index in [2.05, 4.69) is 36.4 Å². The third-order valence-electron chi connectivity index (χ3n) is 6.18. The van der Waals surface area contributed by atoms with Crippen molar-refractivity contribution in [2.24, 2.45) is 5.10 Å². The first-order chi connectivity index (χ1) is 18.2. The second-order valence-electron chi connectivity index (χ2n) is 8.57. The fourth-order valence-electron chi connectivity index (χ4n) is 4.53. The number of hydrogen-bond donors (Lipinski definition) is 0. The van der Waals surface area contributed by atoms with Gasteiger partial charge in [-0.1, -0.05) is 108 Å². The highest BCUT2D eigenvalue weighted by atomic mass is 35.5. The van der Waals surface area contributed by atoms with Crippen LogP contribution in [0.5, 0.6) is 0 Å². The van der Waals surface area contributed by atoms with Crippen LogP contribution in [0.25, 0.3) is 0 Å². The molecule has 4 aromatic carbocycles. The molecule has 0 saturated heterocycles. The molecule has 5 rings (SSSR count). The summed E-state index contributed by atoms with van der Waals surface area (Å²) in [5.74, 6) is 1.49. The van der Waals surface area contributed by atoms with E-state index in [-0.39, 0.29) is 5.82 Å². The minimum absolute atomic E-state index is 0.265. The Morgan fingerprint density at radius 2 is 1.19 bits per heavy atom. The molecular weight excluding hydrogens is 505 g/mol. The highest BCUT2D eigenvalue weighted by molar-refractivity contribution is 7.07. The summed E-state index contributed by atoms with van der Waals surface area (Å²) in [5, 5.41) is 4.71. The van der Waals surface area contributed by atoms with E-state index in [0.717, 1.165) is 16.4 Å². The van der Waals surface area contributed by atoms with Gasteiger partial charge in [-0.3, -0.25) is 0 Å². The minimum atomic E-state index is -1.77. The molecular formula is C30H28BCl2FN2O. The Morgan fingerprint density at radius 3 is 1.65 bits per heavy atom. The van der Waals surface area contributed by atoms with Crippen molar-refractivity contribution in [2.75, 3.05) is 18.3 Å². The van der Waals surface area contributed by atoms with Crippen LogP contribution in [0.4, 0.5) is 4.39 Å². The Bertz CT molecular complexity index is 1240. The van der Waals surface area contributed by atoms with Gasteiger partial charge in [0, 0.05) is 16.9 Å². The van der Waals surface area contributed by atoms with Crippen molar-refractivity contribution < 1.29 is 13.7 Å². The number of benzene rings is 4. The summed E-state index contributed by atoms with van der Waals surface area (Å²) in [6.07, 6.45) is 0.604. The predicted octanol–water partition coefficient (Wildman–Crippen LogP) is 5.12. The van der Waals surface area contributed by atoms with Crippen LogP contribution in [0, 0.1) is 5.82 Å². The number of alkyl halides is 2. The highest BCUT2D eigenvalue weighted by Gasteiger charge is 2.36. The zero-order valence-corrected chi connectivity index (χ0v) is 21.9. The molecule has 3 nitrogen and oxygen atoms in total. The van der Waals surface area contributed by atoms with E-state index in [1.54, 1.807) is 23.0 Å². The molecule has 1 heterocycles. The molecule has 188 valence electrons. The largest absolute Gasteiger partial charge is 0.688 e. The lowest BCUT2D eigenvalue weighted by molar-refractivity contribution is -0.518. The third kappa shape index (κ3) is 6.48. The van der Waals surface area contributed by atoms with Crippen molar-refractivity contribution in [3.05, 3.63) is 127 Å². The molecule has 1 aliphatic rings. The first-order valence-corrected chi connectivity index (χ1v) is 13.3. The van der Waals surface area contributed by atoms with Crippen LogP contribution in [-0.4, -0.2) is 41.5 Å². The zero-order chi connectivity index (χ0) is 25.9. The third-order valence-corrected chi connectivity index (χ3v) is 6.75. The van der Waals surface area contributed by atoms with Gasteiger partial charge in [0.05, 0.1) is 12.0 Å². The first-order valence-electron chi connectivity index (χ1n) is 12.2. The van der Waals surface area contributed by atoms with E-state index in [4.69, 9.17) is 33.0 Å².